The van der Waals surface area contributed by atoms with E-state index in [1.807, 2.05) is 36.5 Å². The molecule has 2 aromatic carbocycles. The maximum Gasteiger partial charge on any atom is 0.337 e. The third-order valence-corrected chi connectivity index (χ3v) is 5.04. The van der Waals surface area contributed by atoms with Crippen molar-refractivity contribution in [2.75, 3.05) is 12.4 Å². The second-order valence-corrected chi connectivity index (χ2v) is 6.93. The van der Waals surface area contributed by atoms with E-state index in [9.17, 15) is 9.59 Å². The lowest BCUT2D eigenvalue weighted by molar-refractivity contribution is 0.0600. The number of carbonyl (C=O) groups is 2. The van der Waals surface area contributed by atoms with Crippen molar-refractivity contribution in [3.8, 4) is 16.3 Å². The van der Waals surface area contributed by atoms with Gasteiger partial charge in [0.25, 0.3) is 5.91 Å². The number of nitrogens with one attached hydrogen (secondary N) is 1. The van der Waals surface area contributed by atoms with E-state index in [0.717, 1.165) is 11.3 Å². The minimum absolute atomic E-state index is 0.314. The number of methoxy groups -OCH3 is 1. The van der Waals surface area contributed by atoms with E-state index in [0.29, 0.717) is 22.0 Å². The molecule has 0 radical (unpaired) electrons. The van der Waals surface area contributed by atoms with Crippen LogP contribution in [-0.2, 0) is 4.74 Å². The predicted octanol–water partition coefficient (Wildman–Crippen LogP) is 4.03. The van der Waals surface area contributed by atoms with E-state index in [-0.39, 0.29) is 5.91 Å². The van der Waals surface area contributed by atoms with Gasteiger partial charge in [-0.25, -0.2) is 14.5 Å². The Morgan fingerprint density at radius 1 is 1.07 bits per heavy atom. The fraction of sp³-hybridized carbons (Fsp3) is 0.0476. The highest BCUT2D eigenvalue weighted by molar-refractivity contribution is 7.13. The van der Waals surface area contributed by atoms with Crippen LogP contribution in [0.2, 0.25) is 0 Å². The van der Waals surface area contributed by atoms with Crippen LogP contribution in [0.5, 0.6) is 0 Å². The van der Waals surface area contributed by atoms with Crippen molar-refractivity contribution >= 4 is 28.9 Å². The Morgan fingerprint density at radius 3 is 2.55 bits per heavy atom. The highest BCUT2D eigenvalue weighted by Crippen LogP contribution is 2.24. The molecule has 0 saturated heterocycles. The van der Waals surface area contributed by atoms with Crippen LogP contribution in [0.1, 0.15) is 20.8 Å². The van der Waals surface area contributed by atoms with Crippen LogP contribution in [-0.4, -0.2) is 33.8 Å². The number of carbonyl (C=O) groups excluding carboxylic acids is 2. The number of esters is 1. The van der Waals surface area contributed by atoms with Gasteiger partial charge in [-0.1, -0.05) is 18.2 Å². The van der Waals surface area contributed by atoms with Gasteiger partial charge in [-0.15, -0.1) is 11.3 Å². The van der Waals surface area contributed by atoms with Crippen LogP contribution in [0, 0.1) is 0 Å². The molecule has 0 aliphatic carbocycles. The highest BCUT2D eigenvalue weighted by Gasteiger charge is 2.14. The maximum absolute atomic E-state index is 12.5. The minimum atomic E-state index is -0.428. The normalized spacial score (nSPS) is 10.5. The molecule has 4 rings (SSSR count). The molecule has 0 unspecified atom stereocenters. The van der Waals surface area contributed by atoms with E-state index in [1.54, 1.807) is 40.5 Å². The number of thiazole rings is 1. The average Bonchev–Trinajstić information content (AvgIpc) is 3.44. The Balaban J connectivity index is 1.47. The number of ether oxygens (including phenoxy) is 1. The van der Waals surface area contributed by atoms with Crippen LogP contribution in [0.25, 0.3) is 16.3 Å². The summed E-state index contributed by atoms with van der Waals surface area (Å²) < 4.78 is 6.42. The van der Waals surface area contributed by atoms with Gasteiger partial charge < -0.3 is 10.1 Å². The van der Waals surface area contributed by atoms with Crippen LogP contribution in [0.15, 0.2) is 72.4 Å². The topological polar surface area (TPSA) is 86.1 Å². The van der Waals surface area contributed by atoms with E-state index in [4.69, 9.17) is 0 Å². The number of hydrogen-bond acceptors (Lipinski definition) is 6. The number of benzene rings is 2. The molecule has 0 atom stereocenters. The molecule has 4 aromatic rings. The summed E-state index contributed by atoms with van der Waals surface area (Å²) in [6, 6.07) is 16.2. The lowest BCUT2D eigenvalue weighted by Crippen LogP contribution is -2.12. The van der Waals surface area contributed by atoms with Crippen LogP contribution in [0.4, 0.5) is 5.69 Å². The number of anilines is 1. The SMILES string of the molecule is COC(=O)c1ccc(NC(=O)c2csc(-c3cnn(-c4ccccc4)c3)n2)cc1. The fourth-order valence-corrected chi connectivity index (χ4v) is 3.44. The number of nitrogens with zero attached hydrogens (tertiary/aromatic N) is 3. The first kappa shape index (κ1) is 18.6. The van der Waals surface area contributed by atoms with E-state index < -0.39 is 5.97 Å². The van der Waals surface area contributed by atoms with Crippen molar-refractivity contribution in [3.05, 3.63) is 83.6 Å². The summed E-state index contributed by atoms with van der Waals surface area (Å²) in [4.78, 5) is 28.4. The number of para-hydroxylation sites is 1. The summed E-state index contributed by atoms with van der Waals surface area (Å²) in [6.07, 6.45) is 3.60. The molecule has 0 bridgehead atoms. The molecule has 7 nitrogen and oxygen atoms in total. The molecule has 0 aliphatic rings. The fourth-order valence-electron chi connectivity index (χ4n) is 2.67. The summed E-state index contributed by atoms with van der Waals surface area (Å²) in [5.74, 6) is -0.753. The van der Waals surface area contributed by atoms with Crippen LogP contribution in [0.3, 0.4) is 0 Å². The van der Waals surface area contributed by atoms with Gasteiger partial charge in [0.2, 0.25) is 0 Å². The number of amides is 1. The molecule has 0 fully saturated rings. The minimum Gasteiger partial charge on any atom is -0.465 e. The molecule has 144 valence electrons. The van der Waals surface area contributed by atoms with Gasteiger partial charge in [0.1, 0.15) is 10.7 Å². The largest absolute Gasteiger partial charge is 0.465 e. The van der Waals surface area contributed by atoms with Gasteiger partial charge in [-0.2, -0.15) is 5.10 Å². The van der Waals surface area contributed by atoms with Gasteiger partial charge in [0.15, 0.2) is 0 Å². The first-order valence-electron chi connectivity index (χ1n) is 8.70. The summed E-state index contributed by atoms with van der Waals surface area (Å²) in [7, 11) is 1.32. The van der Waals surface area contributed by atoms with E-state index in [2.05, 4.69) is 20.1 Å². The zero-order valence-corrected chi connectivity index (χ0v) is 16.2. The van der Waals surface area contributed by atoms with Crippen LogP contribution < -0.4 is 5.32 Å². The molecule has 0 spiro atoms. The number of rotatable bonds is 5. The van der Waals surface area contributed by atoms with Gasteiger partial charge in [0.05, 0.1) is 24.6 Å². The van der Waals surface area contributed by atoms with Gasteiger partial charge >= 0.3 is 5.97 Å². The zero-order chi connectivity index (χ0) is 20.2. The predicted molar refractivity (Wildman–Crippen MR) is 110 cm³/mol. The molecule has 2 aromatic heterocycles. The summed E-state index contributed by atoms with van der Waals surface area (Å²) in [6.45, 7) is 0. The summed E-state index contributed by atoms with van der Waals surface area (Å²) in [5, 5.41) is 9.54. The van der Waals surface area contributed by atoms with E-state index in [1.165, 1.54) is 18.4 Å². The summed E-state index contributed by atoms with van der Waals surface area (Å²) in [5.41, 5.74) is 3.07. The van der Waals surface area contributed by atoms with Crippen LogP contribution >= 0.6 is 11.3 Å². The molecule has 0 saturated carbocycles. The quantitative estimate of drug-likeness (QED) is 0.508. The molecule has 1 N–H and O–H groups in total. The Kier molecular flexibility index (Phi) is 5.17. The lowest BCUT2D eigenvalue weighted by Gasteiger charge is -2.04. The lowest BCUT2D eigenvalue weighted by atomic mass is 10.2. The van der Waals surface area contributed by atoms with Crippen molar-refractivity contribution in [3.63, 3.8) is 0 Å². The zero-order valence-electron chi connectivity index (χ0n) is 15.4. The average molecular weight is 404 g/mol. The Hall–Kier alpha value is -3.78. The first-order valence-corrected chi connectivity index (χ1v) is 9.58. The Bertz CT molecular complexity index is 1150. The molecule has 29 heavy (non-hydrogen) atoms. The Labute approximate surface area is 170 Å². The maximum atomic E-state index is 12.5. The second-order valence-electron chi connectivity index (χ2n) is 6.07. The van der Waals surface area contributed by atoms with Crippen molar-refractivity contribution in [2.45, 2.75) is 0 Å². The van der Waals surface area contributed by atoms with Crippen molar-refractivity contribution in [1.82, 2.24) is 14.8 Å². The first-order chi connectivity index (χ1) is 14.1. The van der Waals surface area contributed by atoms with Crippen molar-refractivity contribution in [2.24, 2.45) is 0 Å². The monoisotopic (exact) mass is 404 g/mol. The standard InChI is InChI=1S/C21H16N4O3S/c1-28-21(27)14-7-9-16(10-8-14)23-19(26)18-13-29-20(24-18)15-11-22-25(12-15)17-5-3-2-4-6-17/h2-13H,1H3,(H,23,26). The van der Waals surface area contributed by atoms with Gasteiger partial charge in [-0.05, 0) is 36.4 Å². The highest BCUT2D eigenvalue weighted by atomic mass is 32.1. The molecular weight excluding hydrogens is 388 g/mol. The molecule has 8 heteroatoms. The number of aromatic nitrogens is 3. The second kappa shape index (κ2) is 8.07. The van der Waals surface area contributed by atoms with Crippen molar-refractivity contribution < 1.29 is 14.3 Å². The summed E-state index contributed by atoms with van der Waals surface area (Å²) >= 11 is 1.37. The van der Waals surface area contributed by atoms with Gasteiger partial charge in [0, 0.05) is 22.8 Å². The smallest absolute Gasteiger partial charge is 0.337 e. The Morgan fingerprint density at radius 2 is 1.83 bits per heavy atom. The molecular formula is C21H16N4O3S. The molecule has 0 aliphatic heterocycles. The third-order valence-electron chi connectivity index (χ3n) is 4.15. The third kappa shape index (κ3) is 4.07. The molecule has 2 heterocycles. The van der Waals surface area contributed by atoms with Gasteiger partial charge in [-0.3, -0.25) is 4.79 Å². The van der Waals surface area contributed by atoms with E-state index >= 15 is 0 Å². The number of hydrogen-bond donors (Lipinski definition) is 1. The molecule has 1 amide bonds. The van der Waals surface area contributed by atoms with Crippen molar-refractivity contribution in [1.29, 1.82) is 0 Å².